The van der Waals surface area contributed by atoms with Crippen molar-refractivity contribution in [3.63, 3.8) is 0 Å². The lowest BCUT2D eigenvalue weighted by Gasteiger charge is -2.17. The van der Waals surface area contributed by atoms with E-state index in [0.29, 0.717) is 26.0 Å². The lowest BCUT2D eigenvalue weighted by Crippen LogP contribution is -2.29. The highest BCUT2D eigenvalue weighted by Crippen LogP contribution is 1.99. The normalized spacial score (nSPS) is 12.6. The Morgan fingerprint density at radius 2 is 2.21 bits per heavy atom. The van der Waals surface area contributed by atoms with Crippen LogP contribution in [0.15, 0.2) is 0 Å². The van der Waals surface area contributed by atoms with Crippen LogP contribution >= 0.6 is 0 Å². The van der Waals surface area contributed by atoms with Crippen LogP contribution in [0.5, 0.6) is 0 Å². The van der Waals surface area contributed by atoms with E-state index in [9.17, 15) is 4.79 Å². The van der Waals surface area contributed by atoms with Crippen LogP contribution in [-0.2, 0) is 9.53 Å². The van der Waals surface area contributed by atoms with Crippen molar-refractivity contribution in [3.05, 3.63) is 0 Å². The number of aliphatic hydroxyl groups excluding tert-OH is 1. The minimum Gasteiger partial charge on any atom is -0.393 e. The van der Waals surface area contributed by atoms with Gasteiger partial charge in [0.05, 0.1) is 6.10 Å². The van der Waals surface area contributed by atoms with Gasteiger partial charge in [-0.3, -0.25) is 4.79 Å². The van der Waals surface area contributed by atoms with E-state index in [-0.39, 0.29) is 12.0 Å². The van der Waals surface area contributed by atoms with Crippen LogP contribution in [0, 0.1) is 0 Å². The number of carbonyl (C=O) groups is 1. The molecule has 0 heterocycles. The number of methoxy groups -OCH3 is 1. The van der Waals surface area contributed by atoms with Gasteiger partial charge in [0.25, 0.3) is 0 Å². The first-order valence-corrected chi connectivity index (χ1v) is 4.99. The van der Waals surface area contributed by atoms with Gasteiger partial charge in [-0.1, -0.05) is 0 Å². The highest BCUT2D eigenvalue weighted by molar-refractivity contribution is 5.75. The molecule has 1 N–H and O–H groups in total. The Hall–Kier alpha value is -0.610. The molecule has 1 unspecified atom stereocenters. The van der Waals surface area contributed by atoms with Gasteiger partial charge < -0.3 is 14.7 Å². The fourth-order valence-corrected chi connectivity index (χ4v) is 1.06. The number of amides is 1. The molecule has 0 aliphatic carbocycles. The quantitative estimate of drug-likeness (QED) is 0.618. The molecule has 0 aromatic rings. The highest BCUT2D eigenvalue weighted by Gasteiger charge is 2.08. The molecule has 0 rings (SSSR count). The molecule has 84 valence electrons. The number of hydrogen-bond donors (Lipinski definition) is 1. The van der Waals surface area contributed by atoms with E-state index in [2.05, 4.69) is 0 Å². The molecular formula is C10H21NO3. The van der Waals surface area contributed by atoms with Crippen molar-refractivity contribution in [1.29, 1.82) is 0 Å². The number of rotatable bonds is 7. The van der Waals surface area contributed by atoms with Gasteiger partial charge in [0.15, 0.2) is 0 Å². The molecule has 1 amide bonds. The molecule has 0 aliphatic heterocycles. The first-order chi connectivity index (χ1) is 6.57. The minimum atomic E-state index is -0.343. The van der Waals surface area contributed by atoms with Crippen molar-refractivity contribution in [2.24, 2.45) is 0 Å². The Morgan fingerprint density at radius 3 is 2.71 bits per heavy atom. The van der Waals surface area contributed by atoms with Crippen molar-refractivity contribution in [2.75, 3.05) is 27.3 Å². The van der Waals surface area contributed by atoms with Crippen LogP contribution in [-0.4, -0.2) is 49.3 Å². The maximum atomic E-state index is 11.4. The lowest BCUT2D eigenvalue weighted by molar-refractivity contribution is -0.130. The van der Waals surface area contributed by atoms with E-state index in [1.165, 1.54) is 0 Å². The number of carbonyl (C=O) groups excluding carboxylic acids is 1. The Morgan fingerprint density at radius 1 is 1.57 bits per heavy atom. The van der Waals surface area contributed by atoms with Gasteiger partial charge in [-0.25, -0.2) is 0 Å². The SMILES string of the molecule is COCCCC(=O)N(C)CCC(C)O. The average molecular weight is 203 g/mol. The molecule has 0 fully saturated rings. The second-order valence-electron chi connectivity index (χ2n) is 3.55. The first kappa shape index (κ1) is 13.4. The first-order valence-electron chi connectivity index (χ1n) is 4.99. The molecule has 0 aliphatic rings. The van der Waals surface area contributed by atoms with E-state index in [0.717, 1.165) is 6.42 Å². The zero-order valence-electron chi connectivity index (χ0n) is 9.32. The van der Waals surface area contributed by atoms with Crippen molar-refractivity contribution in [1.82, 2.24) is 4.90 Å². The zero-order chi connectivity index (χ0) is 11.0. The molecule has 0 radical (unpaired) electrons. The van der Waals surface area contributed by atoms with Gasteiger partial charge in [-0.15, -0.1) is 0 Å². The molecule has 14 heavy (non-hydrogen) atoms. The van der Waals surface area contributed by atoms with E-state index in [4.69, 9.17) is 9.84 Å². The summed E-state index contributed by atoms with van der Waals surface area (Å²) in [5.41, 5.74) is 0. The summed E-state index contributed by atoms with van der Waals surface area (Å²) in [6.07, 6.45) is 1.56. The number of ether oxygens (including phenoxy) is 1. The Labute approximate surface area is 85.9 Å². The van der Waals surface area contributed by atoms with Gasteiger partial charge in [-0.05, 0) is 19.8 Å². The molecular weight excluding hydrogens is 182 g/mol. The second-order valence-corrected chi connectivity index (χ2v) is 3.55. The minimum absolute atomic E-state index is 0.114. The summed E-state index contributed by atoms with van der Waals surface area (Å²) < 4.78 is 4.86. The Bertz CT molecular complexity index is 159. The van der Waals surface area contributed by atoms with Crippen LogP contribution < -0.4 is 0 Å². The third-order valence-corrected chi connectivity index (χ3v) is 2.05. The van der Waals surface area contributed by atoms with Crippen LogP contribution in [0.4, 0.5) is 0 Å². The molecule has 0 spiro atoms. The van der Waals surface area contributed by atoms with Crippen LogP contribution in [0.25, 0.3) is 0 Å². The van der Waals surface area contributed by atoms with E-state index in [1.54, 1.807) is 26.0 Å². The number of aliphatic hydroxyl groups is 1. The van der Waals surface area contributed by atoms with Crippen LogP contribution in [0.3, 0.4) is 0 Å². The maximum absolute atomic E-state index is 11.4. The largest absolute Gasteiger partial charge is 0.393 e. The summed E-state index contributed by atoms with van der Waals surface area (Å²) in [5, 5.41) is 9.04. The zero-order valence-corrected chi connectivity index (χ0v) is 9.32. The monoisotopic (exact) mass is 203 g/mol. The standard InChI is InChI=1S/C10H21NO3/c1-9(12)6-7-11(2)10(13)5-4-8-14-3/h9,12H,4-8H2,1-3H3. The van der Waals surface area contributed by atoms with Crippen molar-refractivity contribution < 1.29 is 14.6 Å². The summed E-state index contributed by atoms with van der Waals surface area (Å²) in [7, 11) is 3.39. The second kappa shape index (κ2) is 7.76. The van der Waals surface area contributed by atoms with E-state index >= 15 is 0 Å². The maximum Gasteiger partial charge on any atom is 0.222 e. The predicted octanol–water partition coefficient (Wildman–Crippen LogP) is 0.642. The van der Waals surface area contributed by atoms with Crippen LogP contribution in [0.1, 0.15) is 26.2 Å². The average Bonchev–Trinajstić information content (AvgIpc) is 2.14. The fraction of sp³-hybridized carbons (Fsp3) is 0.900. The third-order valence-electron chi connectivity index (χ3n) is 2.05. The summed E-state index contributed by atoms with van der Waals surface area (Å²) >= 11 is 0. The molecule has 0 aromatic carbocycles. The molecule has 0 saturated carbocycles. The molecule has 0 aromatic heterocycles. The number of nitrogens with zero attached hydrogens (tertiary/aromatic N) is 1. The van der Waals surface area contributed by atoms with Crippen molar-refractivity contribution >= 4 is 5.91 Å². The Kier molecular flexibility index (Phi) is 7.42. The summed E-state index contributed by atoms with van der Waals surface area (Å²) in [4.78, 5) is 13.1. The van der Waals surface area contributed by atoms with E-state index < -0.39 is 0 Å². The Balaban J connectivity index is 3.54. The van der Waals surface area contributed by atoms with Gasteiger partial charge in [0.2, 0.25) is 5.91 Å². The summed E-state index contributed by atoms with van der Waals surface area (Å²) in [6.45, 7) is 2.96. The highest BCUT2D eigenvalue weighted by atomic mass is 16.5. The van der Waals surface area contributed by atoms with Crippen LogP contribution in [0.2, 0.25) is 0 Å². The molecule has 4 heteroatoms. The molecule has 0 bridgehead atoms. The summed E-state index contributed by atoms with van der Waals surface area (Å²) in [5.74, 6) is 0.114. The van der Waals surface area contributed by atoms with Crippen molar-refractivity contribution in [3.8, 4) is 0 Å². The molecule has 4 nitrogen and oxygen atoms in total. The topological polar surface area (TPSA) is 49.8 Å². The van der Waals surface area contributed by atoms with Gasteiger partial charge in [0, 0.05) is 33.7 Å². The number of hydrogen-bond acceptors (Lipinski definition) is 3. The van der Waals surface area contributed by atoms with Crippen molar-refractivity contribution in [2.45, 2.75) is 32.3 Å². The van der Waals surface area contributed by atoms with Gasteiger partial charge >= 0.3 is 0 Å². The summed E-state index contributed by atoms with van der Waals surface area (Å²) in [6, 6.07) is 0. The predicted molar refractivity (Wildman–Crippen MR) is 55.0 cm³/mol. The fourth-order valence-electron chi connectivity index (χ4n) is 1.06. The van der Waals surface area contributed by atoms with E-state index in [1.807, 2.05) is 0 Å². The smallest absolute Gasteiger partial charge is 0.222 e. The van der Waals surface area contributed by atoms with Gasteiger partial charge in [0.1, 0.15) is 0 Å². The third kappa shape index (κ3) is 6.86. The molecule has 1 atom stereocenters. The van der Waals surface area contributed by atoms with Gasteiger partial charge in [-0.2, -0.15) is 0 Å². The molecule has 0 saturated heterocycles. The lowest BCUT2D eigenvalue weighted by atomic mass is 10.2.